The predicted octanol–water partition coefficient (Wildman–Crippen LogP) is 9.88. The maximum atomic E-state index is 12.4. The van der Waals surface area contributed by atoms with Crippen molar-refractivity contribution in [2.45, 2.75) is 55.2 Å². The van der Waals surface area contributed by atoms with E-state index in [0.29, 0.717) is 0 Å². The Bertz CT molecular complexity index is 4440. The van der Waals surface area contributed by atoms with Crippen LogP contribution >= 0.6 is 0 Å². The zero-order valence-electron chi connectivity index (χ0n) is 47.7. The summed E-state index contributed by atoms with van der Waals surface area (Å²) in [7, 11) is -5.60. The van der Waals surface area contributed by atoms with E-state index in [-0.39, 0.29) is 32.8 Å². The van der Waals surface area contributed by atoms with Crippen molar-refractivity contribution in [3.8, 4) is 23.6 Å². The second kappa shape index (κ2) is 25.3. The van der Waals surface area contributed by atoms with E-state index in [0.717, 1.165) is 36.4 Å². The molecule has 7 aromatic rings. The minimum atomic E-state index is -4.99. The number of nitrogens with zero attached hydrogens (tertiary/aromatic N) is 6. The Morgan fingerprint density at radius 3 is 1.58 bits per heavy atom. The molecule has 0 saturated heterocycles. The van der Waals surface area contributed by atoms with Crippen LogP contribution in [-0.4, -0.2) is 88.7 Å². The number of rotatable bonds is 15. The number of hydrogen-bond acceptors (Lipinski definition) is 15. The van der Waals surface area contributed by atoms with Gasteiger partial charge in [-0.25, -0.2) is 46.6 Å². The van der Waals surface area contributed by atoms with E-state index in [9.17, 15) is 46.1 Å². The van der Waals surface area contributed by atoms with E-state index < -0.39 is 90.9 Å². The topological polar surface area (TPSA) is 248 Å². The lowest BCUT2D eigenvalue weighted by atomic mass is 9.79. The number of ether oxygens (including phenoxy) is 4. The molecule has 0 radical (unpaired) electrons. The van der Waals surface area contributed by atoms with Gasteiger partial charge in [0.2, 0.25) is 5.69 Å². The van der Waals surface area contributed by atoms with Gasteiger partial charge in [-0.05, 0) is 102 Å². The first kappa shape index (κ1) is 61.9. The van der Waals surface area contributed by atoms with E-state index in [1.165, 1.54) is 85.3 Å². The van der Waals surface area contributed by atoms with Crippen molar-refractivity contribution in [3.05, 3.63) is 225 Å². The van der Waals surface area contributed by atoms with Gasteiger partial charge in [-0.1, -0.05) is 110 Å². The number of carbonyl (C=O) groups excluding carboxylic acids is 2. The van der Waals surface area contributed by atoms with Crippen molar-refractivity contribution in [2.75, 3.05) is 45.4 Å². The average Bonchev–Trinajstić information content (AvgIpc) is 1.61. The Balaban J connectivity index is 0.000000229. The first-order valence-electron chi connectivity index (χ1n) is 26.5. The summed E-state index contributed by atoms with van der Waals surface area (Å²) in [6.45, 7) is 24.4. The number of allylic oxidation sites excluding steroid dienone is 6. The summed E-state index contributed by atoms with van der Waals surface area (Å²) < 4.78 is 92.3. The summed E-state index contributed by atoms with van der Waals surface area (Å²) in [5, 5.41) is 24.0. The molecule has 2 aliphatic heterocycles. The fourth-order valence-electron chi connectivity index (χ4n) is 10.8. The summed E-state index contributed by atoms with van der Waals surface area (Å²) in [6.07, 6.45) is 9.15. The van der Waals surface area contributed by atoms with Crippen LogP contribution in [0.3, 0.4) is 0 Å². The monoisotopic (exact) mass is 1190 g/mol. The Kier molecular flexibility index (Phi) is 18.2. The number of fused-ring (bicyclic) bond motifs is 6. The first-order chi connectivity index (χ1) is 40.9. The summed E-state index contributed by atoms with van der Waals surface area (Å²) in [4.78, 5) is 31.9. The van der Waals surface area contributed by atoms with Crippen LogP contribution < -0.4 is 24.8 Å². The Labute approximate surface area is 498 Å². The maximum Gasteiger partial charge on any atom is 0.339 e. The third-order valence-electron chi connectivity index (χ3n) is 14.7. The molecule has 7 aromatic carbocycles. The highest BCUT2D eigenvalue weighted by Crippen LogP contribution is 2.50. The SMILES string of the molecule is CC(/C=C/C1=[N+](C)c2ccc3ccccc3c2C1(C)C)=C\C=C1/N(C)c2ccc3ccccc3c2C1(C)C.[C-]#[N+]/C(C#N)=c1/cc(OCCOC(=O)c2ccccc2S(=O)(=O)[O-])/c(=C(\C#N)[N+]#[C-])cc1OCCOC(=O)c1ccccc1S(=O)(=O)[O-]. The highest BCUT2D eigenvalue weighted by Gasteiger charge is 2.44. The molecule has 2 heterocycles. The third-order valence-corrected chi connectivity index (χ3v) is 16.5. The molecule has 9 rings (SSSR count). The van der Waals surface area contributed by atoms with Gasteiger partial charge in [0.15, 0.2) is 5.71 Å². The van der Waals surface area contributed by atoms with Crippen LogP contribution in [0.2, 0.25) is 0 Å². The molecule has 0 N–H and O–H groups in total. The number of carbonyl (C=O) groups is 2. The molecule has 0 aliphatic carbocycles. The number of anilines is 1. The van der Waals surface area contributed by atoms with E-state index >= 15 is 0 Å². The first-order valence-corrected chi connectivity index (χ1v) is 29.3. The minimum absolute atomic E-state index is 0.0729. The van der Waals surface area contributed by atoms with Crippen LogP contribution in [0.1, 0.15) is 66.5 Å². The number of likely N-dealkylation sites (N-methyl/N-ethyl adjacent to an activating group) is 1. The molecule has 0 spiro atoms. The largest absolute Gasteiger partial charge is 0.744 e. The minimum Gasteiger partial charge on any atom is -0.744 e. The molecular formula is C66H55N6O12S2-. The molecule has 2 aliphatic rings. The number of esters is 2. The summed E-state index contributed by atoms with van der Waals surface area (Å²) >= 11 is 0. The van der Waals surface area contributed by atoms with Crippen LogP contribution in [0.25, 0.3) is 42.6 Å². The predicted molar refractivity (Wildman–Crippen MR) is 321 cm³/mol. The average molecular weight is 1190 g/mol. The van der Waals surface area contributed by atoms with Gasteiger partial charge in [0.25, 0.3) is 11.4 Å². The van der Waals surface area contributed by atoms with Crippen molar-refractivity contribution < 1.29 is 59.1 Å². The molecule has 0 amide bonds. The molecule has 0 aromatic heterocycles. The maximum absolute atomic E-state index is 12.4. The molecule has 0 atom stereocenters. The van der Waals surface area contributed by atoms with Crippen molar-refractivity contribution in [1.82, 2.24) is 0 Å². The normalized spacial score (nSPS) is 15.3. The lowest BCUT2D eigenvalue weighted by molar-refractivity contribution is -0.401. The van der Waals surface area contributed by atoms with Gasteiger partial charge in [-0.15, -0.1) is 0 Å². The standard InChI is InChI=1S/C36H37N2.C30H20N4O12S2/c1-24(16-22-31-35(2,3)33-27-14-10-8-12-25(27)18-20-29(33)37(31)6)17-23-32-36(4,5)34-28-15-11-9-13-26(28)19-21-30(34)38(32)7;1-33-23(17-31)21-15-26(44-12-14-46-30(36)20-8-4-6-10-28(20)48(40,41)42)22(24(18-32)34-2)16-25(21)43-11-13-45-29(35)19-7-3-5-9-27(19)47(37,38)39/h8-23H,1-7H3;3-10,15-16H,11-14H2,(H,37,38,39)(H,40,41,42)/q+1;/p-2/b;23-21-,24-22+. The van der Waals surface area contributed by atoms with Crippen LogP contribution in [0.5, 0.6) is 11.5 Å². The Hall–Kier alpha value is -10.2. The van der Waals surface area contributed by atoms with Crippen LogP contribution in [0.15, 0.2) is 179 Å². The highest BCUT2D eigenvalue weighted by molar-refractivity contribution is 7.86. The number of benzene rings is 7. The molecule has 18 nitrogen and oxygen atoms in total. The molecule has 0 bridgehead atoms. The van der Waals surface area contributed by atoms with Crippen molar-refractivity contribution in [2.24, 2.45) is 0 Å². The van der Waals surface area contributed by atoms with Gasteiger partial charge in [0, 0.05) is 52.0 Å². The second-order valence-electron chi connectivity index (χ2n) is 20.8. The zero-order chi connectivity index (χ0) is 62.3. The summed E-state index contributed by atoms with van der Waals surface area (Å²) in [5.41, 5.74) is 7.11. The number of nitriles is 2. The third kappa shape index (κ3) is 12.7. The van der Waals surface area contributed by atoms with Gasteiger partial charge >= 0.3 is 11.9 Å². The smallest absolute Gasteiger partial charge is 0.339 e. The highest BCUT2D eigenvalue weighted by atomic mass is 32.2. The number of hydrogen-bond donors (Lipinski definition) is 0. The van der Waals surface area contributed by atoms with Crippen LogP contribution in [-0.2, 0) is 40.5 Å². The van der Waals surface area contributed by atoms with Crippen LogP contribution in [0.4, 0.5) is 11.4 Å². The van der Waals surface area contributed by atoms with Crippen molar-refractivity contribution in [3.63, 3.8) is 0 Å². The van der Waals surface area contributed by atoms with Gasteiger partial charge in [0.1, 0.15) is 65.2 Å². The molecule has 434 valence electrons. The molecule has 0 unspecified atom stereocenters. The molecule has 86 heavy (non-hydrogen) atoms. The molecule has 20 heteroatoms. The van der Waals surface area contributed by atoms with Gasteiger partial charge < -0.3 is 33.0 Å². The molecule has 0 fully saturated rings. The zero-order valence-corrected chi connectivity index (χ0v) is 49.4. The Morgan fingerprint density at radius 1 is 0.651 bits per heavy atom. The summed E-state index contributed by atoms with van der Waals surface area (Å²) in [5.74, 6) is -2.75. The summed E-state index contributed by atoms with van der Waals surface area (Å²) in [6, 6.07) is 41.1. The Morgan fingerprint density at radius 2 is 1.10 bits per heavy atom. The lowest BCUT2D eigenvalue weighted by Gasteiger charge is -2.24. The second-order valence-corrected chi connectivity index (χ2v) is 23.5. The van der Waals surface area contributed by atoms with Crippen LogP contribution in [0, 0.1) is 35.8 Å². The van der Waals surface area contributed by atoms with Gasteiger partial charge in [0.05, 0.1) is 51.6 Å². The van der Waals surface area contributed by atoms with Gasteiger partial charge in [-0.2, -0.15) is 4.58 Å². The van der Waals surface area contributed by atoms with Gasteiger partial charge in [-0.3, -0.25) is 0 Å². The van der Waals surface area contributed by atoms with E-state index in [4.69, 9.17) is 32.1 Å². The fraction of sp³-hybridized carbons (Fsp3) is 0.197. The van der Waals surface area contributed by atoms with Crippen molar-refractivity contribution in [1.29, 1.82) is 10.5 Å². The lowest BCUT2D eigenvalue weighted by Crippen LogP contribution is -2.26. The van der Waals surface area contributed by atoms with Crippen molar-refractivity contribution >= 4 is 82.2 Å². The van der Waals surface area contributed by atoms with E-state index in [1.807, 2.05) is 0 Å². The quantitative estimate of drug-likeness (QED) is 0.0231. The fourth-order valence-corrected chi connectivity index (χ4v) is 12.1. The van der Waals surface area contributed by atoms with E-state index in [1.54, 1.807) is 12.1 Å². The molecular weight excluding hydrogens is 1130 g/mol. The van der Waals surface area contributed by atoms with E-state index in [2.05, 4.69) is 165 Å². The molecule has 0 saturated carbocycles.